The highest BCUT2D eigenvalue weighted by Crippen LogP contribution is 2.37. The van der Waals surface area contributed by atoms with Gasteiger partial charge in [-0.05, 0) is 43.7 Å². The summed E-state index contributed by atoms with van der Waals surface area (Å²) < 4.78 is 16.1. The molecule has 174 valence electrons. The number of nitro groups is 1. The summed E-state index contributed by atoms with van der Waals surface area (Å²) in [7, 11) is 1.55. The minimum atomic E-state index is -0.606. The normalized spacial score (nSPS) is 10.8. The Morgan fingerprint density at radius 1 is 1.18 bits per heavy atom. The summed E-state index contributed by atoms with van der Waals surface area (Å²) >= 11 is 1.07. The van der Waals surface area contributed by atoms with E-state index >= 15 is 0 Å². The Morgan fingerprint density at radius 3 is 2.68 bits per heavy atom. The smallest absolute Gasteiger partial charge is 0.350 e. The summed E-state index contributed by atoms with van der Waals surface area (Å²) in [6, 6.07) is 12.9. The lowest BCUT2D eigenvalue weighted by atomic mass is 10.1. The van der Waals surface area contributed by atoms with Gasteiger partial charge in [0, 0.05) is 28.0 Å². The van der Waals surface area contributed by atoms with E-state index in [9.17, 15) is 19.7 Å². The van der Waals surface area contributed by atoms with E-state index in [1.165, 1.54) is 12.1 Å². The number of methoxy groups -OCH3 is 1. The molecular formula is C24H20N2O7S. The van der Waals surface area contributed by atoms with E-state index in [1.54, 1.807) is 57.4 Å². The molecule has 0 saturated carbocycles. The molecule has 2 aromatic carbocycles. The second kappa shape index (κ2) is 9.36. The van der Waals surface area contributed by atoms with Crippen molar-refractivity contribution < 1.29 is 28.4 Å². The number of aryl methyl sites for hydroxylation is 1. The topological polar surface area (TPSA) is 121 Å². The third-order valence-corrected chi connectivity index (χ3v) is 6.30. The number of nitrogens with zero attached hydrogens (tertiary/aromatic N) is 1. The molecule has 9 nitrogen and oxygen atoms in total. The third-order valence-electron chi connectivity index (χ3n) is 5.13. The van der Waals surface area contributed by atoms with Gasteiger partial charge in [0.05, 0.1) is 24.3 Å². The number of thiophene rings is 1. The number of carbonyl (C=O) groups excluding carboxylic acids is 2. The molecule has 4 aromatic rings. The molecule has 0 aliphatic carbocycles. The van der Waals surface area contributed by atoms with Crippen molar-refractivity contribution in [2.75, 3.05) is 19.0 Å². The molecule has 0 aliphatic heterocycles. The maximum absolute atomic E-state index is 13.1. The van der Waals surface area contributed by atoms with Gasteiger partial charge in [-0.25, -0.2) is 4.79 Å². The van der Waals surface area contributed by atoms with Gasteiger partial charge in [-0.15, -0.1) is 11.3 Å². The average molecular weight is 480 g/mol. The van der Waals surface area contributed by atoms with Crippen LogP contribution in [0.4, 0.5) is 11.4 Å². The monoisotopic (exact) mass is 480 g/mol. The Kier molecular flexibility index (Phi) is 6.33. The minimum Gasteiger partial charge on any atom is -0.497 e. The van der Waals surface area contributed by atoms with E-state index in [0.29, 0.717) is 27.3 Å². The summed E-state index contributed by atoms with van der Waals surface area (Å²) in [5, 5.41) is 14.6. The van der Waals surface area contributed by atoms with Crippen molar-refractivity contribution in [1.29, 1.82) is 0 Å². The SMILES string of the molecule is CCOC(=O)c1sc(-c2cccc([N+](=O)[O-])c2)cc1NC(=O)c1oc2ccc(OC)cc2c1C. The molecule has 0 spiro atoms. The minimum absolute atomic E-state index is 0.0810. The van der Waals surface area contributed by atoms with E-state index in [2.05, 4.69) is 5.32 Å². The molecule has 0 saturated heterocycles. The van der Waals surface area contributed by atoms with Crippen LogP contribution in [0, 0.1) is 17.0 Å². The van der Waals surface area contributed by atoms with Gasteiger partial charge in [-0.3, -0.25) is 14.9 Å². The number of nitro benzene ring substituents is 1. The van der Waals surface area contributed by atoms with Crippen LogP contribution in [0.5, 0.6) is 5.75 Å². The Morgan fingerprint density at radius 2 is 1.97 bits per heavy atom. The lowest BCUT2D eigenvalue weighted by Gasteiger charge is -2.05. The fourth-order valence-corrected chi connectivity index (χ4v) is 4.47. The number of benzene rings is 2. The number of fused-ring (bicyclic) bond motifs is 1. The standard InChI is InChI=1S/C24H20N2O7S/c1-4-32-24(28)22-18(12-20(34-22)14-6-5-7-15(10-14)26(29)30)25-23(27)21-13(2)17-11-16(31-3)8-9-19(17)33-21/h5-12H,4H2,1-3H3,(H,25,27). The largest absolute Gasteiger partial charge is 0.497 e. The van der Waals surface area contributed by atoms with Crippen molar-refractivity contribution in [2.45, 2.75) is 13.8 Å². The number of anilines is 1. The first kappa shape index (κ1) is 23.0. The zero-order chi connectivity index (χ0) is 24.4. The van der Waals surface area contributed by atoms with Crippen molar-refractivity contribution in [3.63, 3.8) is 0 Å². The highest BCUT2D eigenvalue weighted by Gasteiger charge is 2.24. The summed E-state index contributed by atoms with van der Waals surface area (Å²) in [6.45, 7) is 3.59. The van der Waals surface area contributed by atoms with Crippen LogP contribution in [0.25, 0.3) is 21.4 Å². The van der Waals surface area contributed by atoms with Gasteiger partial charge in [0.25, 0.3) is 11.6 Å². The molecule has 0 unspecified atom stereocenters. The van der Waals surface area contributed by atoms with E-state index in [1.807, 2.05) is 0 Å². The maximum atomic E-state index is 13.1. The van der Waals surface area contributed by atoms with Gasteiger partial charge >= 0.3 is 5.97 Å². The second-order valence-corrected chi connectivity index (χ2v) is 8.31. The van der Waals surface area contributed by atoms with Gasteiger partial charge in [0.1, 0.15) is 16.2 Å². The van der Waals surface area contributed by atoms with Crippen LogP contribution in [-0.4, -0.2) is 30.5 Å². The number of rotatable bonds is 7. The molecule has 1 amide bonds. The molecular weight excluding hydrogens is 460 g/mol. The fraction of sp³-hybridized carbons (Fsp3) is 0.167. The molecule has 4 rings (SSSR count). The number of hydrogen-bond acceptors (Lipinski definition) is 8. The van der Waals surface area contributed by atoms with Crippen LogP contribution >= 0.6 is 11.3 Å². The Hall–Kier alpha value is -4.18. The quantitative estimate of drug-likeness (QED) is 0.201. The van der Waals surface area contributed by atoms with Crippen molar-refractivity contribution >= 4 is 45.6 Å². The summed E-state index contributed by atoms with van der Waals surface area (Å²) in [5.74, 6) is -0.416. The maximum Gasteiger partial charge on any atom is 0.350 e. The van der Waals surface area contributed by atoms with Gasteiger partial charge < -0.3 is 19.2 Å². The number of nitrogens with one attached hydrogen (secondary N) is 1. The van der Waals surface area contributed by atoms with Crippen molar-refractivity contribution in [3.05, 3.63) is 74.8 Å². The van der Waals surface area contributed by atoms with Gasteiger partial charge in [0.15, 0.2) is 5.76 Å². The molecule has 2 aromatic heterocycles. The fourth-order valence-electron chi connectivity index (χ4n) is 3.47. The van der Waals surface area contributed by atoms with E-state index < -0.39 is 16.8 Å². The lowest BCUT2D eigenvalue weighted by molar-refractivity contribution is -0.384. The number of hydrogen-bond donors (Lipinski definition) is 1. The molecule has 0 bridgehead atoms. The molecule has 0 fully saturated rings. The molecule has 34 heavy (non-hydrogen) atoms. The molecule has 0 radical (unpaired) electrons. The predicted octanol–water partition coefficient (Wildman–Crippen LogP) is 5.82. The van der Waals surface area contributed by atoms with Crippen LogP contribution in [0.15, 0.2) is 52.9 Å². The van der Waals surface area contributed by atoms with Crippen LogP contribution in [0.2, 0.25) is 0 Å². The van der Waals surface area contributed by atoms with Crippen LogP contribution in [-0.2, 0) is 4.74 Å². The van der Waals surface area contributed by atoms with Crippen molar-refractivity contribution in [2.24, 2.45) is 0 Å². The van der Waals surface area contributed by atoms with E-state index in [0.717, 1.165) is 16.7 Å². The zero-order valence-electron chi connectivity index (χ0n) is 18.5. The Balaban J connectivity index is 1.72. The van der Waals surface area contributed by atoms with Crippen molar-refractivity contribution in [1.82, 2.24) is 0 Å². The molecule has 0 atom stereocenters. The number of non-ortho nitro benzene ring substituents is 1. The highest BCUT2D eigenvalue weighted by molar-refractivity contribution is 7.18. The number of ether oxygens (including phenoxy) is 2. The Bertz CT molecular complexity index is 1420. The average Bonchev–Trinajstić information content (AvgIpc) is 3.40. The van der Waals surface area contributed by atoms with Crippen molar-refractivity contribution in [3.8, 4) is 16.2 Å². The molecule has 2 heterocycles. The van der Waals surface area contributed by atoms with Gasteiger partial charge in [-0.1, -0.05) is 12.1 Å². The van der Waals surface area contributed by atoms with Crippen LogP contribution in [0.1, 0.15) is 32.7 Å². The van der Waals surface area contributed by atoms with Gasteiger partial charge in [0.2, 0.25) is 0 Å². The number of esters is 1. The first-order valence-electron chi connectivity index (χ1n) is 10.3. The summed E-state index contributed by atoms with van der Waals surface area (Å²) in [4.78, 5) is 37.1. The predicted molar refractivity (Wildman–Crippen MR) is 128 cm³/mol. The molecule has 10 heteroatoms. The first-order chi connectivity index (χ1) is 16.3. The number of furan rings is 1. The molecule has 1 N–H and O–H groups in total. The zero-order valence-corrected chi connectivity index (χ0v) is 19.4. The molecule has 0 aliphatic rings. The van der Waals surface area contributed by atoms with E-state index in [4.69, 9.17) is 13.9 Å². The van der Waals surface area contributed by atoms with Crippen LogP contribution in [0.3, 0.4) is 0 Å². The summed E-state index contributed by atoms with van der Waals surface area (Å²) in [6.07, 6.45) is 0. The van der Waals surface area contributed by atoms with E-state index in [-0.39, 0.29) is 28.6 Å². The number of amides is 1. The van der Waals surface area contributed by atoms with Gasteiger partial charge in [-0.2, -0.15) is 0 Å². The third kappa shape index (κ3) is 4.35. The second-order valence-electron chi connectivity index (χ2n) is 7.25. The lowest BCUT2D eigenvalue weighted by Crippen LogP contribution is -2.14. The highest BCUT2D eigenvalue weighted by atomic mass is 32.1. The van der Waals surface area contributed by atoms with Crippen LogP contribution < -0.4 is 10.1 Å². The summed E-state index contributed by atoms with van der Waals surface area (Å²) in [5.41, 5.74) is 1.84. The first-order valence-corrected chi connectivity index (χ1v) is 11.1. The Labute approximate surface area is 198 Å². The number of carbonyl (C=O) groups is 2.